The van der Waals surface area contributed by atoms with E-state index in [0.717, 1.165) is 41.8 Å². The molecule has 1 saturated heterocycles. The van der Waals surface area contributed by atoms with Crippen molar-refractivity contribution in [3.8, 4) is 11.3 Å². The molecule has 0 saturated carbocycles. The number of carbonyl (C=O) groups excluding carboxylic acids is 1. The lowest BCUT2D eigenvalue weighted by molar-refractivity contribution is 0.102. The smallest absolute Gasteiger partial charge is 0.257 e. The van der Waals surface area contributed by atoms with E-state index in [9.17, 15) is 4.79 Å². The maximum Gasteiger partial charge on any atom is 0.257 e. The summed E-state index contributed by atoms with van der Waals surface area (Å²) in [5, 5.41) is 14.1. The third-order valence-electron chi connectivity index (χ3n) is 4.97. The van der Waals surface area contributed by atoms with Gasteiger partial charge >= 0.3 is 0 Å². The first-order valence-corrected chi connectivity index (χ1v) is 10.1. The molecule has 5 rings (SSSR count). The van der Waals surface area contributed by atoms with Crippen molar-refractivity contribution in [2.75, 3.05) is 24.1 Å². The van der Waals surface area contributed by atoms with Gasteiger partial charge in [0, 0.05) is 29.2 Å². The number of carbonyl (C=O) groups is 1. The van der Waals surface area contributed by atoms with E-state index >= 15 is 0 Å². The van der Waals surface area contributed by atoms with Gasteiger partial charge in [0.15, 0.2) is 10.8 Å². The molecule has 1 fully saturated rings. The van der Waals surface area contributed by atoms with Gasteiger partial charge in [0.2, 0.25) is 0 Å². The van der Waals surface area contributed by atoms with Crippen LogP contribution in [0.3, 0.4) is 0 Å². The molecule has 1 aliphatic heterocycles. The lowest BCUT2D eigenvalue weighted by Gasteiger charge is -2.09. The highest BCUT2D eigenvalue weighted by molar-refractivity contribution is 7.13. The fourth-order valence-electron chi connectivity index (χ4n) is 3.53. The van der Waals surface area contributed by atoms with Crippen LogP contribution in [0, 0.1) is 0 Å². The predicted molar refractivity (Wildman–Crippen MR) is 119 cm³/mol. The summed E-state index contributed by atoms with van der Waals surface area (Å²) in [6, 6.07) is 7.48. The molecule has 3 aromatic heterocycles. The van der Waals surface area contributed by atoms with E-state index in [-0.39, 0.29) is 24.4 Å². The molecule has 30 heavy (non-hydrogen) atoms. The standard InChI is InChI=1S/C19H18N8OS.ClH/c20-16-14-15(26-27(13-5-6-21-9-13)17(14)24-10-23-16)11-1-3-12(4-2-11)18(28)25-19-22-7-8-29-19;/h1-4,7-8,10,13,21H,5-6,9H2,(H2,20,23,24)(H,22,25,28);1H. The van der Waals surface area contributed by atoms with Crippen molar-refractivity contribution < 1.29 is 4.79 Å². The van der Waals surface area contributed by atoms with E-state index in [1.807, 2.05) is 22.2 Å². The van der Waals surface area contributed by atoms with Crippen LogP contribution in [0.15, 0.2) is 42.2 Å². The summed E-state index contributed by atoms with van der Waals surface area (Å²) in [6.45, 7) is 1.79. The number of hydrogen-bond donors (Lipinski definition) is 3. The molecule has 0 bridgehead atoms. The lowest BCUT2D eigenvalue weighted by atomic mass is 10.1. The molecule has 0 aliphatic carbocycles. The van der Waals surface area contributed by atoms with E-state index in [4.69, 9.17) is 10.8 Å². The van der Waals surface area contributed by atoms with Crippen molar-refractivity contribution in [3.63, 3.8) is 0 Å². The van der Waals surface area contributed by atoms with E-state index in [2.05, 4.69) is 25.6 Å². The Bertz CT molecular complexity index is 1170. The number of hydrogen-bond acceptors (Lipinski definition) is 8. The molecule has 0 spiro atoms. The number of aromatic nitrogens is 5. The molecule has 4 heterocycles. The fraction of sp³-hybridized carbons (Fsp3) is 0.211. The van der Waals surface area contributed by atoms with E-state index in [1.54, 1.807) is 18.3 Å². The van der Waals surface area contributed by atoms with E-state index in [0.29, 0.717) is 16.5 Å². The molecule has 9 nitrogen and oxygen atoms in total. The van der Waals surface area contributed by atoms with Gasteiger partial charge in [-0.05, 0) is 25.1 Å². The largest absolute Gasteiger partial charge is 0.383 e. The number of nitrogens with one attached hydrogen (secondary N) is 2. The minimum Gasteiger partial charge on any atom is -0.383 e. The highest BCUT2D eigenvalue weighted by atomic mass is 35.5. The zero-order chi connectivity index (χ0) is 19.8. The Morgan fingerprint density at radius 2 is 2.07 bits per heavy atom. The van der Waals surface area contributed by atoms with Crippen LogP contribution in [-0.4, -0.2) is 43.7 Å². The van der Waals surface area contributed by atoms with E-state index < -0.39 is 0 Å². The minimum absolute atomic E-state index is 0. The number of nitrogens with zero attached hydrogens (tertiary/aromatic N) is 5. The number of fused-ring (bicyclic) bond motifs is 1. The third kappa shape index (κ3) is 3.60. The maximum absolute atomic E-state index is 12.4. The molecule has 1 aromatic carbocycles. The van der Waals surface area contributed by atoms with Crippen LogP contribution in [-0.2, 0) is 0 Å². The second-order valence-corrected chi connectivity index (χ2v) is 7.66. The molecule has 4 N–H and O–H groups in total. The Hall–Kier alpha value is -3.08. The van der Waals surface area contributed by atoms with Gasteiger partial charge in [-0.15, -0.1) is 23.7 Å². The second-order valence-electron chi connectivity index (χ2n) is 6.77. The fourth-order valence-corrected chi connectivity index (χ4v) is 4.06. The zero-order valence-corrected chi connectivity index (χ0v) is 17.4. The number of halogens is 1. The third-order valence-corrected chi connectivity index (χ3v) is 5.66. The summed E-state index contributed by atoms with van der Waals surface area (Å²) < 4.78 is 1.94. The molecule has 0 radical (unpaired) electrons. The highest BCUT2D eigenvalue weighted by Gasteiger charge is 2.24. The normalized spacial score (nSPS) is 15.8. The quantitative estimate of drug-likeness (QED) is 0.444. The monoisotopic (exact) mass is 442 g/mol. The van der Waals surface area contributed by atoms with Gasteiger partial charge in [-0.1, -0.05) is 12.1 Å². The molecule has 1 aliphatic rings. The number of anilines is 2. The van der Waals surface area contributed by atoms with Crippen molar-refractivity contribution >= 4 is 51.6 Å². The molecule has 4 aromatic rings. The van der Waals surface area contributed by atoms with Crippen LogP contribution in [0.25, 0.3) is 22.3 Å². The van der Waals surface area contributed by atoms with Gasteiger partial charge in [-0.3, -0.25) is 10.1 Å². The summed E-state index contributed by atoms with van der Waals surface area (Å²) in [7, 11) is 0. The molecular formula is C19H19ClN8OS. The lowest BCUT2D eigenvalue weighted by Crippen LogP contribution is -2.15. The highest BCUT2D eigenvalue weighted by Crippen LogP contribution is 2.32. The van der Waals surface area contributed by atoms with Gasteiger partial charge < -0.3 is 11.1 Å². The summed E-state index contributed by atoms with van der Waals surface area (Å²) in [6.07, 6.45) is 4.10. The molecule has 11 heteroatoms. The Balaban J connectivity index is 0.00000218. The predicted octanol–water partition coefficient (Wildman–Crippen LogP) is 2.74. The summed E-state index contributed by atoms with van der Waals surface area (Å²) in [5.41, 5.74) is 9.01. The average Bonchev–Trinajstić information content (AvgIpc) is 3.49. The Labute approximate surface area is 182 Å². The summed E-state index contributed by atoms with van der Waals surface area (Å²) in [4.78, 5) is 25.0. The number of rotatable bonds is 4. The van der Waals surface area contributed by atoms with Crippen LogP contribution in [0.1, 0.15) is 22.8 Å². The van der Waals surface area contributed by atoms with Crippen LogP contribution in [0.4, 0.5) is 10.9 Å². The Morgan fingerprint density at radius 3 is 2.77 bits per heavy atom. The van der Waals surface area contributed by atoms with Gasteiger partial charge in [0.25, 0.3) is 5.91 Å². The van der Waals surface area contributed by atoms with Crippen molar-refractivity contribution in [2.45, 2.75) is 12.5 Å². The number of amides is 1. The number of nitrogens with two attached hydrogens (primary N) is 1. The SMILES string of the molecule is Cl.Nc1ncnc2c1c(-c1ccc(C(=O)Nc3nccs3)cc1)nn2C1CCNC1. The number of benzene rings is 1. The van der Waals surface area contributed by atoms with E-state index in [1.165, 1.54) is 17.7 Å². The topological polar surface area (TPSA) is 124 Å². The summed E-state index contributed by atoms with van der Waals surface area (Å²) >= 11 is 1.37. The number of thiazole rings is 1. The zero-order valence-electron chi connectivity index (χ0n) is 15.8. The first kappa shape index (κ1) is 20.2. The molecule has 1 amide bonds. The van der Waals surface area contributed by atoms with Crippen LogP contribution >= 0.6 is 23.7 Å². The maximum atomic E-state index is 12.4. The van der Waals surface area contributed by atoms with Crippen LogP contribution < -0.4 is 16.4 Å². The van der Waals surface area contributed by atoms with Gasteiger partial charge in [0.05, 0.1) is 11.4 Å². The van der Waals surface area contributed by atoms with Gasteiger partial charge in [-0.2, -0.15) is 5.10 Å². The average molecular weight is 443 g/mol. The minimum atomic E-state index is -0.207. The second kappa shape index (κ2) is 8.34. The first-order chi connectivity index (χ1) is 14.2. The van der Waals surface area contributed by atoms with Gasteiger partial charge in [-0.25, -0.2) is 19.6 Å². The van der Waals surface area contributed by atoms with Crippen molar-refractivity contribution in [1.82, 2.24) is 30.0 Å². The first-order valence-electron chi connectivity index (χ1n) is 9.21. The van der Waals surface area contributed by atoms with Gasteiger partial charge in [0.1, 0.15) is 17.8 Å². The molecule has 1 unspecified atom stereocenters. The molecule has 1 atom stereocenters. The number of nitrogen functional groups attached to an aromatic ring is 1. The van der Waals surface area contributed by atoms with Crippen molar-refractivity contribution in [3.05, 3.63) is 47.7 Å². The Morgan fingerprint density at radius 1 is 1.23 bits per heavy atom. The molecular weight excluding hydrogens is 424 g/mol. The van der Waals surface area contributed by atoms with Crippen LogP contribution in [0.2, 0.25) is 0 Å². The van der Waals surface area contributed by atoms with Crippen molar-refractivity contribution in [2.24, 2.45) is 0 Å². The Kier molecular flexibility index (Phi) is 5.62. The van der Waals surface area contributed by atoms with Crippen molar-refractivity contribution in [1.29, 1.82) is 0 Å². The van der Waals surface area contributed by atoms with Crippen LogP contribution in [0.5, 0.6) is 0 Å². The summed E-state index contributed by atoms with van der Waals surface area (Å²) in [5.74, 6) is 0.189. The molecule has 154 valence electrons.